The predicted molar refractivity (Wildman–Crippen MR) is 174 cm³/mol. The lowest BCUT2D eigenvalue weighted by Crippen LogP contribution is -1.93. The number of hydrogen-bond acceptors (Lipinski definition) is 1. The lowest BCUT2D eigenvalue weighted by Gasteiger charge is -2.10. The zero-order valence-electron chi connectivity index (χ0n) is 21.6. The smallest absolute Gasteiger partial charge is 0.0541 e. The van der Waals surface area contributed by atoms with Crippen molar-refractivity contribution in [3.8, 4) is 16.8 Å². The van der Waals surface area contributed by atoms with Crippen LogP contribution in [0.5, 0.6) is 0 Å². The number of rotatable bonds is 2. The molecule has 0 spiro atoms. The monoisotopic (exact) mass is 525 g/mol. The largest absolute Gasteiger partial charge is 0.309 e. The van der Waals surface area contributed by atoms with Gasteiger partial charge in [-0.25, -0.2) is 0 Å². The molecule has 9 rings (SSSR count). The first kappa shape index (κ1) is 22.0. The second kappa shape index (κ2) is 8.29. The Morgan fingerprint density at radius 3 is 1.95 bits per heavy atom. The van der Waals surface area contributed by atoms with E-state index in [-0.39, 0.29) is 0 Å². The number of thiophene rings is 1. The van der Waals surface area contributed by atoms with E-state index < -0.39 is 0 Å². The standard InChI is InChI=1S/C38H23NS/c1-2-9-26-21-29(17-13-24(26)7-1)39-34-12-6-5-11-31(34)32-22-27(14-18-35(32)39)28-16-19-36-33(23-28)38-30-10-4-3-8-25(30)15-20-37(38)40-36/h1-23H. The van der Waals surface area contributed by atoms with E-state index >= 15 is 0 Å². The Morgan fingerprint density at radius 2 is 1.05 bits per heavy atom. The lowest BCUT2D eigenvalue weighted by molar-refractivity contribution is 1.19. The van der Waals surface area contributed by atoms with E-state index in [1.165, 1.54) is 80.3 Å². The third-order valence-electron chi connectivity index (χ3n) is 8.36. The van der Waals surface area contributed by atoms with E-state index in [0.29, 0.717) is 0 Å². The second-order valence-electron chi connectivity index (χ2n) is 10.6. The number of hydrogen-bond donors (Lipinski definition) is 0. The minimum atomic E-state index is 1.19. The molecule has 0 saturated carbocycles. The summed E-state index contributed by atoms with van der Waals surface area (Å²) >= 11 is 1.88. The van der Waals surface area contributed by atoms with E-state index in [1.807, 2.05) is 11.3 Å². The van der Waals surface area contributed by atoms with Crippen LogP contribution in [0, 0.1) is 0 Å². The molecule has 1 nitrogen and oxygen atoms in total. The molecule has 2 heterocycles. The van der Waals surface area contributed by atoms with Crippen LogP contribution in [0.25, 0.3) is 80.3 Å². The van der Waals surface area contributed by atoms with Gasteiger partial charge in [0.25, 0.3) is 0 Å². The minimum Gasteiger partial charge on any atom is -0.309 e. The summed E-state index contributed by atoms with van der Waals surface area (Å²) in [6.07, 6.45) is 0. The summed E-state index contributed by atoms with van der Waals surface area (Å²) in [6.45, 7) is 0. The Bertz CT molecular complexity index is 2440. The molecule has 40 heavy (non-hydrogen) atoms. The molecule has 9 aromatic rings. The van der Waals surface area contributed by atoms with Gasteiger partial charge in [0.1, 0.15) is 0 Å². The van der Waals surface area contributed by atoms with Crippen LogP contribution < -0.4 is 0 Å². The van der Waals surface area contributed by atoms with Crippen LogP contribution in [0.3, 0.4) is 0 Å². The van der Waals surface area contributed by atoms with Crippen LogP contribution in [0.1, 0.15) is 0 Å². The van der Waals surface area contributed by atoms with Gasteiger partial charge in [-0.1, -0.05) is 91.0 Å². The molecule has 0 radical (unpaired) electrons. The van der Waals surface area contributed by atoms with Gasteiger partial charge in [-0.3, -0.25) is 0 Å². The summed E-state index contributed by atoms with van der Waals surface area (Å²) in [5, 5.41) is 10.4. The maximum absolute atomic E-state index is 2.41. The van der Waals surface area contributed by atoms with Crippen molar-refractivity contribution in [2.75, 3.05) is 0 Å². The Hall–Kier alpha value is -4.92. The van der Waals surface area contributed by atoms with Crippen molar-refractivity contribution in [3.05, 3.63) is 140 Å². The minimum absolute atomic E-state index is 1.19. The maximum Gasteiger partial charge on any atom is 0.0541 e. The zero-order valence-corrected chi connectivity index (χ0v) is 22.5. The van der Waals surface area contributed by atoms with Crippen LogP contribution in [0.4, 0.5) is 0 Å². The summed E-state index contributed by atoms with van der Waals surface area (Å²) in [5.41, 5.74) is 6.15. The molecule has 0 bridgehead atoms. The van der Waals surface area contributed by atoms with E-state index in [0.717, 1.165) is 0 Å². The first-order chi connectivity index (χ1) is 19.8. The molecular weight excluding hydrogens is 502 g/mol. The highest BCUT2D eigenvalue weighted by Crippen LogP contribution is 2.41. The molecule has 0 atom stereocenters. The average Bonchev–Trinajstić information content (AvgIpc) is 3.56. The summed E-state index contributed by atoms with van der Waals surface area (Å²) in [7, 11) is 0. The fraction of sp³-hybridized carbons (Fsp3) is 0. The quantitative estimate of drug-likeness (QED) is 0.211. The molecule has 0 aliphatic rings. The van der Waals surface area contributed by atoms with Gasteiger partial charge >= 0.3 is 0 Å². The fourth-order valence-electron chi connectivity index (χ4n) is 6.47. The Balaban J connectivity index is 1.28. The number of fused-ring (bicyclic) bond motifs is 9. The number of nitrogens with zero attached hydrogens (tertiary/aromatic N) is 1. The summed E-state index contributed by atoms with van der Waals surface area (Å²) < 4.78 is 5.09. The molecule has 0 N–H and O–H groups in total. The van der Waals surface area contributed by atoms with Crippen molar-refractivity contribution >= 4 is 74.9 Å². The van der Waals surface area contributed by atoms with Gasteiger partial charge in [-0.15, -0.1) is 11.3 Å². The van der Waals surface area contributed by atoms with Crippen molar-refractivity contribution in [2.45, 2.75) is 0 Å². The molecule has 0 aliphatic carbocycles. The molecule has 2 heteroatoms. The summed E-state index contributed by atoms with van der Waals surface area (Å²) in [6, 6.07) is 51.3. The molecule has 0 fully saturated rings. The van der Waals surface area contributed by atoms with Gasteiger partial charge in [0, 0.05) is 36.6 Å². The van der Waals surface area contributed by atoms with Crippen LogP contribution >= 0.6 is 11.3 Å². The van der Waals surface area contributed by atoms with Crippen LogP contribution in [0.2, 0.25) is 0 Å². The highest BCUT2D eigenvalue weighted by molar-refractivity contribution is 7.26. The van der Waals surface area contributed by atoms with Crippen LogP contribution in [0.15, 0.2) is 140 Å². The highest BCUT2D eigenvalue weighted by Gasteiger charge is 2.15. The van der Waals surface area contributed by atoms with Crippen molar-refractivity contribution in [3.63, 3.8) is 0 Å². The van der Waals surface area contributed by atoms with Crippen molar-refractivity contribution in [1.82, 2.24) is 4.57 Å². The Morgan fingerprint density at radius 1 is 0.400 bits per heavy atom. The van der Waals surface area contributed by atoms with Gasteiger partial charge < -0.3 is 4.57 Å². The predicted octanol–water partition coefficient (Wildman–Crippen LogP) is 11.1. The third kappa shape index (κ3) is 3.14. The van der Waals surface area contributed by atoms with Gasteiger partial charge in [-0.05, 0) is 81.2 Å². The third-order valence-corrected chi connectivity index (χ3v) is 9.49. The summed E-state index contributed by atoms with van der Waals surface area (Å²) in [5.74, 6) is 0. The second-order valence-corrected chi connectivity index (χ2v) is 11.7. The van der Waals surface area contributed by atoms with E-state index in [1.54, 1.807) is 0 Å². The fourth-order valence-corrected chi connectivity index (χ4v) is 7.58. The van der Waals surface area contributed by atoms with Crippen molar-refractivity contribution in [1.29, 1.82) is 0 Å². The van der Waals surface area contributed by atoms with Gasteiger partial charge in [0.2, 0.25) is 0 Å². The van der Waals surface area contributed by atoms with Crippen LogP contribution in [-0.2, 0) is 0 Å². The Labute approximate surface area is 235 Å². The molecule has 0 unspecified atom stereocenters. The maximum atomic E-state index is 2.41. The number of aromatic nitrogens is 1. The van der Waals surface area contributed by atoms with Gasteiger partial charge in [-0.2, -0.15) is 0 Å². The van der Waals surface area contributed by atoms with E-state index in [9.17, 15) is 0 Å². The first-order valence-corrected chi connectivity index (χ1v) is 14.5. The SMILES string of the molecule is c1ccc2cc(-n3c4ccccc4c4cc(-c5ccc6sc7ccc8ccccc8c7c6c5)ccc43)ccc2c1. The normalized spacial score (nSPS) is 12.0. The van der Waals surface area contributed by atoms with E-state index in [4.69, 9.17) is 0 Å². The van der Waals surface area contributed by atoms with Crippen molar-refractivity contribution < 1.29 is 0 Å². The zero-order chi connectivity index (χ0) is 26.2. The molecule has 0 aliphatic heterocycles. The number of benzene rings is 7. The molecule has 7 aromatic carbocycles. The molecule has 186 valence electrons. The molecule has 0 saturated heterocycles. The number of para-hydroxylation sites is 1. The first-order valence-electron chi connectivity index (χ1n) is 13.7. The summed E-state index contributed by atoms with van der Waals surface area (Å²) in [4.78, 5) is 0. The molecule has 0 amide bonds. The molecular formula is C38H23NS. The van der Waals surface area contributed by atoms with Crippen molar-refractivity contribution in [2.24, 2.45) is 0 Å². The molecule has 2 aromatic heterocycles. The highest BCUT2D eigenvalue weighted by atomic mass is 32.1. The van der Waals surface area contributed by atoms with E-state index in [2.05, 4.69) is 144 Å². The topological polar surface area (TPSA) is 4.93 Å². The average molecular weight is 526 g/mol. The lowest BCUT2D eigenvalue weighted by atomic mass is 9.99. The van der Waals surface area contributed by atoms with Crippen LogP contribution in [-0.4, -0.2) is 4.57 Å². The Kier molecular flexibility index (Phi) is 4.55. The van der Waals surface area contributed by atoms with Gasteiger partial charge in [0.05, 0.1) is 11.0 Å². The van der Waals surface area contributed by atoms with Gasteiger partial charge in [0.15, 0.2) is 0 Å².